The Hall–Kier alpha value is -3.26. The fourth-order valence-electron chi connectivity index (χ4n) is 2.97. The summed E-state index contributed by atoms with van der Waals surface area (Å²) < 4.78 is 13.0. The quantitative estimate of drug-likeness (QED) is 0.379. The summed E-state index contributed by atoms with van der Waals surface area (Å²) >= 11 is 1.34. The Bertz CT molecular complexity index is 1030. The standard InChI is InChI=1S/C23H26N4O3S/c1-5-15-24-22(28)16(3)31-23-26-25-21(19-9-7-8-10-20(19)29-4)27(23)17-11-13-18(14-12-17)30-6-2/h5,7-14,16H,1,6,15H2,2-4H3,(H,24,28). The molecule has 1 unspecified atom stereocenters. The van der Waals surface area contributed by atoms with Crippen molar-refractivity contribution in [1.82, 2.24) is 20.1 Å². The highest BCUT2D eigenvalue weighted by molar-refractivity contribution is 8.00. The monoisotopic (exact) mass is 438 g/mol. The van der Waals surface area contributed by atoms with Crippen LogP contribution >= 0.6 is 11.8 Å². The first-order chi connectivity index (χ1) is 15.1. The smallest absolute Gasteiger partial charge is 0.233 e. The number of thioether (sulfide) groups is 1. The van der Waals surface area contributed by atoms with Crippen molar-refractivity contribution in [2.45, 2.75) is 24.3 Å². The van der Waals surface area contributed by atoms with Gasteiger partial charge in [-0.3, -0.25) is 9.36 Å². The summed E-state index contributed by atoms with van der Waals surface area (Å²) in [4.78, 5) is 12.4. The average Bonchev–Trinajstić information content (AvgIpc) is 3.21. The molecule has 1 atom stereocenters. The predicted molar refractivity (Wildman–Crippen MR) is 123 cm³/mol. The molecule has 0 aliphatic heterocycles. The van der Waals surface area contributed by atoms with Crippen LogP contribution in [0.5, 0.6) is 11.5 Å². The number of hydrogen-bond acceptors (Lipinski definition) is 6. The molecule has 3 rings (SSSR count). The molecule has 0 spiro atoms. The number of amides is 1. The Kier molecular flexibility index (Phi) is 7.72. The highest BCUT2D eigenvalue weighted by Gasteiger charge is 2.23. The Balaban J connectivity index is 2.04. The normalized spacial score (nSPS) is 11.6. The minimum atomic E-state index is -0.365. The topological polar surface area (TPSA) is 78.3 Å². The fraction of sp³-hybridized carbons (Fsp3) is 0.261. The zero-order valence-electron chi connectivity index (χ0n) is 17.9. The van der Waals surface area contributed by atoms with E-state index in [4.69, 9.17) is 9.47 Å². The minimum absolute atomic E-state index is 0.0926. The van der Waals surface area contributed by atoms with Gasteiger partial charge in [-0.2, -0.15) is 0 Å². The molecule has 1 aromatic heterocycles. The minimum Gasteiger partial charge on any atom is -0.496 e. The molecule has 162 valence electrons. The van der Waals surface area contributed by atoms with E-state index >= 15 is 0 Å². The van der Waals surface area contributed by atoms with Gasteiger partial charge in [0.2, 0.25) is 5.91 Å². The summed E-state index contributed by atoms with van der Waals surface area (Å²) in [6.45, 7) is 8.43. The van der Waals surface area contributed by atoms with E-state index in [9.17, 15) is 4.79 Å². The lowest BCUT2D eigenvalue weighted by Crippen LogP contribution is -2.31. The van der Waals surface area contributed by atoms with Crippen LogP contribution in [0.3, 0.4) is 0 Å². The maximum atomic E-state index is 12.4. The first kappa shape index (κ1) is 22.4. The Morgan fingerprint density at radius 2 is 1.97 bits per heavy atom. The average molecular weight is 439 g/mol. The Morgan fingerprint density at radius 3 is 2.65 bits per heavy atom. The van der Waals surface area contributed by atoms with Crippen molar-refractivity contribution in [1.29, 1.82) is 0 Å². The summed E-state index contributed by atoms with van der Waals surface area (Å²) in [5, 5.41) is 11.9. The van der Waals surface area contributed by atoms with Gasteiger partial charge in [-0.25, -0.2) is 0 Å². The van der Waals surface area contributed by atoms with E-state index in [-0.39, 0.29) is 11.2 Å². The van der Waals surface area contributed by atoms with Gasteiger partial charge in [0.15, 0.2) is 11.0 Å². The van der Waals surface area contributed by atoms with Gasteiger partial charge in [0, 0.05) is 6.54 Å². The first-order valence-electron chi connectivity index (χ1n) is 9.96. The van der Waals surface area contributed by atoms with Crippen molar-refractivity contribution in [3.8, 4) is 28.6 Å². The number of aromatic nitrogens is 3. The van der Waals surface area contributed by atoms with E-state index < -0.39 is 0 Å². The summed E-state index contributed by atoms with van der Waals surface area (Å²) in [5.74, 6) is 2.01. The van der Waals surface area contributed by atoms with E-state index in [1.807, 2.05) is 66.9 Å². The third kappa shape index (κ3) is 5.27. The zero-order chi connectivity index (χ0) is 22.2. The molecule has 1 amide bonds. The van der Waals surface area contributed by atoms with Crippen LogP contribution < -0.4 is 14.8 Å². The van der Waals surface area contributed by atoms with Crippen LogP contribution in [0, 0.1) is 0 Å². The third-order valence-corrected chi connectivity index (χ3v) is 5.50. The van der Waals surface area contributed by atoms with E-state index in [1.165, 1.54) is 11.8 Å². The number of hydrogen-bond donors (Lipinski definition) is 1. The molecule has 0 bridgehead atoms. The molecule has 8 heteroatoms. The predicted octanol–water partition coefficient (Wildman–Crippen LogP) is 4.12. The molecular weight excluding hydrogens is 412 g/mol. The van der Waals surface area contributed by atoms with Gasteiger partial charge < -0.3 is 14.8 Å². The number of carbonyl (C=O) groups is 1. The van der Waals surface area contributed by atoms with Gasteiger partial charge in [0.05, 0.1) is 30.2 Å². The summed E-state index contributed by atoms with van der Waals surface area (Å²) in [5.41, 5.74) is 1.66. The van der Waals surface area contributed by atoms with Crippen molar-refractivity contribution in [3.63, 3.8) is 0 Å². The molecule has 0 radical (unpaired) electrons. The Labute approximate surface area is 186 Å². The second kappa shape index (κ2) is 10.7. The van der Waals surface area contributed by atoms with Crippen LogP contribution in [0.15, 0.2) is 66.3 Å². The summed E-state index contributed by atoms with van der Waals surface area (Å²) in [6, 6.07) is 15.3. The molecule has 1 heterocycles. The van der Waals surface area contributed by atoms with Gasteiger partial charge in [-0.05, 0) is 50.2 Å². The van der Waals surface area contributed by atoms with Crippen LogP contribution in [-0.4, -0.2) is 46.2 Å². The summed E-state index contributed by atoms with van der Waals surface area (Å²) in [7, 11) is 1.62. The van der Waals surface area contributed by atoms with E-state index in [1.54, 1.807) is 13.2 Å². The van der Waals surface area contributed by atoms with Gasteiger partial charge in [-0.15, -0.1) is 16.8 Å². The number of nitrogens with one attached hydrogen (secondary N) is 1. The molecule has 2 aromatic carbocycles. The number of rotatable bonds is 10. The second-order valence-electron chi connectivity index (χ2n) is 6.56. The van der Waals surface area contributed by atoms with Gasteiger partial charge in [0.25, 0.3) is 0 Å². The molecular formula is C23H26N4O3S. The molecule has 1 N–H and O–H groups in total. The molecule has 3 aromatic rings. The lowest BCUT2D eigenvalue weighted by molar-refractivity contribution is -0.120. The zero-order valence-corrected chi connectivity index (χ0v) is 18.7. The first-order valence-corrected chi connectivity index (χ1v) is 10.8. The van der Waals surface area contributed by atoms with Gasteiger partial charge in [0.1, 0.15) is 11.5 Å². The van der Waals surface area contributed by atoms with Crippen molar-refractivity contribution in [2.75, 3.05) is 20.3 Å². The maximum absolute atomic E-state index is 12.4. The van der Waals surface area contributed by atoms with Crippen molar-refractivity contribution in [2.24, 2.45) is 0 Å². The highest BCUT2D eigenvalue weighted by atomic mass is 32.2. The maximum Gasteiger partial charge on any atom is 0.233 e. The SMILES string of the molecule is C=CCNC(=O)C(C)Sc1nnc(-c2ccccc2OC)n1-c1ccc(OCC)cc1. The van der Waals surface area contributed by atoms with Crippen LogP contribution in [0.25, 0.3) is 17.1 Å². The molecule has 0 aliphatic rings. The van der Waals surface area contributed by atoms with E-state index in [0.717, 1.165) is 17.0 Å². The largest absolute Gasteiger partial charge is 0.496 e. The van der Waals surface area contributed by atoms with Crippen LogP contribution in [0.1, 0.15) is 13.8 Å². The van der Waals surface area contributed by atoms with Crippen molar-refractivity contribution in [3.05, 3.63) is 61.2 Å². The molecule has 31 heavy (non-hydrogen) atoms. The van der Waals surface area contributed by atoms with Crippen LogP contribution in [0.4, 0.5) is 0 Å². The van der Waals surface area contributed by atoms with E-state index in [0.29, 0.717) is 29.9 Å². The number of para-hydroxylation sites is 1. The molecule has 7 nitrogen and oxygen atoms in total. The lowest BCUT2D eigenvalue weighted by Gasteiger charge is -2.15. The molecule has 0 saturated carbocycles. The number of carbonyl (C=O) groups excluding carboxylic acids is 1. The Morgan fingerprint density at radius 1 is 1.23 bits per heavy atom. The molecule has 0 fully saturated rings. The number of benzene rings is 2. The summed E-state index contributed by atoms with van der Waals surface area (Å²) in [6.07, 6.45) is 1.65. The van der Waals surface area contributed by atoms with Gasteiger partial charge >= 0.3 is 0 Å². The fourth-order valence-corrected chi connectivity index (χ4v) is 3.86. The van der Waals surface area contributed by atoms with E-state index in [2.05, 4.69) is 22.1 Å². The second-order valence-corrected chi connectivity index (χ2v) is 7.87. The molecule has 0 saturated heterocycles. The van der Waals surface area contributed by atoms with Crippen molar-refractivity contribution >= 4 is 17.7 Å². The van der Waals surface area contributed by atoms with Gasteiger partial charge in [-0.1, -0.05) is 30.0 Å². The number of methoxy groups -OCH3 is 1. The molecule has 0 aliphatic carbocycles. The number of ether oxygens (including phenoxy) is 2. The number of nitrogens with zero attached hydrogens (tertiary/aromatic N) is 3. The van der Waals surface area contributed by atoms with Crippen molar-refractivity contribution < 1.29 is 14.3 Å². The van der Waals surface area contributed by atoms with Crippen LogP contribution in [-0.2, 0) is 4.79 Å². The lowest BCUT2D eigenvalue weighted by atomic mass is 10.2. The highest BCUT2D eigenvalue weighted by Crippen LogP contribution is 2.34. The third-order valence-electron chi connectivity index (χ3n) is 4.46. The van der Waals surface area contributed by atoms with Crippen LogP contribution in [0.2, 0.25) is 0 Å².